The summed E-state index contributed by atoms with van der Waals surface area (Å²) in [4.78, 5) is 15.1. The molecule has 7 nitrogen and oxygen atoms in total. The lowest BCUT2D eigenvalue weighted by Gasteiger charge is -2.31. The number of fused-ring (bicyclic) bond motifs is 3. The molecule has 2 aliphatic heterocycles. The van der Waals surface area contributed by atoms with Crippen LogP contribution in [0.25, 0.3) is 32.2 Å². The van der Waals surface area contributed by atoms with Crippen molar-refractivity contribution < 1.29 is 26.7 Å². The predicted molar refractivity (Wildman–Crippen MR) is 149 cm³/mol. The Morgan fingerprint density at radius 1 is 1.12 bits per heavy atom. The second-order valence-corrected chi connectivity index (χ2v) is 11.9. The lowest BCUT2D eigenvalue weighted by molar-refractivity contribution is -0.137. The van der Waals surface area contributed by atoms with Crippen LogP contribution in [0.5, 0.6) is 6.01 Å². The minimum atomic E-state index is -4.96. The average Bonchev–Trinajstić information content (AvgIpc) is 3.62. The number of anilines is 2. The second-order valence-electron chi connectivity index (χ2n) is 10.8. The molecule has 4 heterocycles. The highest BCUT2D eigenvalue weighted by atomic mass is 32.1. The fourth-order valence-electron chi connectivity index (χ4n) is 6.06. The van der Waals surface area contributed by atoms with Gasteiger partial charge >= 0.3 is 12.2 Å². The molecule has 2 fully saturated rings. The number of nitrogen functional groups attached to an aromatic ring is 1. The van der Waals surface area contributed by atoms with Crippen LogP contribution in [0.4, 0.5) is 32.9 Å². The van der Waals surface area contributed by atoms with Gasteiger partial charge in [-0.2, -0.15) is 23.1 Å². The van der Waals surface area contributed by atoms with E-state index in [1.54, 1.807) is 0 Å². The second kappa shape index (κ2) is 10.2. The van der Waals surface area contributed by atoms with E-state index in [9.17, 15) is 17.6 Å². The number of hydrogen-bond acceptors (Lipinski definition) is 8. The number of nitrogens with one attached hydrogen (secondary N) is 1. The predicted octanol–water partition coefficient (Wildman–Crippen LogP) is 7.00. The summed E-state index contributed by atoms with van der Waals surface area (Å²) >= 11 is 0.779. The van der Waals surface area contributed by atoms with Crippen molar-refractivity contribution in [2.75, 3.05) is 30.7 Å². The monoisotopic (exact) mass is 592 g/mol. The summed E-state index contributed by atoms with van der Waals surface area (Å²) in [5, 5.41) is 2.92. The average molecular weight is 593 g/mol. The summed E-state index contributed by atoms with van der Waals surface area (Å²) in [7, 11) is 0. The highest BCUT2D eigenvalue weighted by Crippen LogP contribution is 2.46. The van der Waals surface area contributed by atoms with Gasteiger partial charge in [0, 0.05) is 22.6 Å². The molecule has 1 atom stereocenters. The standard InChI is InChI=1S/C28H29F5N6OS/c1-3-14(2)35-24-16-12-17(28(31,32)33)19(15-6-7-18(29)23-22(15)36-25(34)41-23)20(30)21(16)37-26(38-24)40-13-27-8-4-10-39(27)11-5-9-27/h6-7,12,14H,3-5,8-11,13H2,1-2H3,(H2,34,36)(H,35,37,38). The number of rotatable bonds is 7. The maximum atomic E-state index is 16.5. The van der Waals surface area contributed by atoms with Crippen molar-refractivity contribution in [2.45, 2.75) is 63.7 Å². The van der Waals surface area contributed by atoms with Gasteiger partial charge in [0.25, 0.3) is 0 Å². The number of ether oxygens (including phenoxy) is 1. The zero-order valence-corrected chi connectivity index (χ0v) is 23.4. The van der Waals surface area contributed by atoms with Crippen molar-refractivity contribution in [1.29, 1.82) is 0 Å². The first-order valence-electron chi connectivity index (χ1n) is 13.6. The quantitative estimate of drug-likeness (QED) is 0.223. The Labute approximate surface area is 236 Å². The van der Waals surface area contributed by atoms with E-state index in [0.29, 0.717) is 13.0 Å². The van der Waals surface area contributed by atoms with Gasteiger partial charge in [0.15, 0.2) is 10.9 Å². The largest absolute Gasteiger partial charge is 0.461 e. The number of nitrogens with zero attached hydrogens (tertiary/aromatic N) is 4. The molecule has 0 aliphatic carbocycles. The number of aromatic nitrogens is 3. The van der Waals surface area contributed by atoms with Crippen molar-refractivity contribution in [2.24, 2.45) is 0 Å². The van der Waals surface area contributed by atoms with Crippen molar-refractivity contribution >= 4 is 43.4 Å². The zero-order valence-electron chi connectivity index (χ0n) is 22.5. The molecule has 1 unspecified atom stereocenters. The maximum absolute atomic E-state index is 16.5. The molecule has 0 amide bonds. The Kier molecular flexibility index (Phi) is 6.92. The summed E-state index contributed by atoms with van der Waals surface area (Å²) in [5.41, 5.74) is 2.86. The van der Waals surface area contributed by atoms with E-state index in [2.05, 4.69) is 25.2 Å². The number of alkyl halides is 3. The number of hydrogen-bond donors (Lipinski definition) is 2. The highest BCUT2D eigenvalue weighted by Gasteiger charge is 2.45. The molecule has 6 rings (SSSR count). The number of benzene rings is 2. The van der Waals surface area contributed by atoms with Crippen LogP contribution >= 0.6 is 11.3 Å². The van der Waals surface area contributed by atoms with Gasteiger partial charge in [-0.25, -0.2) is 13.8 Å². The molecular formula is C28H29F5N6OS. The topological polar surface area (TPSA) is 89.2 Å². The Morgan fingerprint density at radius 2 is 1.85 bits per heavy atom. The van der Waals surface area contributed by atoms with Gasteiger partial charge < -0.3 is 15.8 Å². The van der Waals surface area contributed by atoms with E-state index < -0.39 is 28.9 Å². The van der Waals surface area contributed by atoms with Gasteiger partial charge in [0.05, 0.1) is 21.3 Å². The van der Waals surface area contributed by atoms with Gasteiger partial charge in [-0.05, 0) is 70.3 Å². The number of halogens is 5. The molecule has 2 saturated heterocycles. The molecule has 0 bridgehead atoms. The number of nitrogens with two attached hydrogens (primary N) is 1. The third kappa shape index (κ3) is 4.82. The molecule has 2 aliphatic rings. The lowest BCUT2D eigenvalue weighted by atomic mass is 9.95. The molecule has 4 aromatic rings. The van der Waals surface area contributed by atoms with Crippen LogP contribution in [0.15, 0.2) is 18.2 Å². The van der Waals surface area contributed by atoms with Crippen LogP contribution in [0.2, 0.25) is 0 Å². The summed E-state index contributed by atoms with van der Waals surface area (Å²) in [5.74, 6) is -1.89. The van der Waals surface area contributed by atoms with Crippen LogP contribution in [-0.4, -0.2) is 51.1 Å². The molecule has 218 valence electrons. The highest BCUT2D eigenvalue weighted by molar-refractivity contribution is 7.22. The minimum Gasteiger partial charge on any atom is -0.461 e. The minimum absolute atomic E-state index is 0.0460. The van der Waals surface area contributed by atoms with Crippen LogP contribution in [0.1, 0.15) is 51.5 Å². The Morgan fingerprint density at radius 3 is 2.54 bits per heavy atom. The fraction of sp³-hybridized carbons (Fsp3) is 0.464. The van der Waals surface area contributed by atoms with Gasteiger partial charge in [-0.15, -0.1) is 0 Å². The first-order valence-corrected chi connectivity index (χ1v) is 14.4. The van der Waals surface area contributed by atoms with Crippen LogP contribution < -0.4 is 15.8 Å². The SMILES string of the molecule is CCC(C)Nc1nc(OCC23CCCN2CCC3)nc2c(F)c(-c3ccc(F)c4sc(N)nc34)c(C(F)(F)F)cc12. The van der Waals surface area contributed by atoms with E-state index in [1.807, 2.05) is 13.8 Å². The van der Waals surface area contributed by atoms with Crippen molar-refractivity contribution in [3.63, 3.8) is 0 Å². The van der Waals surface area contributed by atoms with Crippen LogP contribution in [0, 0.1) is 11.6 Å². The number of thiazole rings is 1. The van der Waals surface area contributed by atoms with Crippen molar-refractivity contribution in [1.82, 2.24) is 19.9 Å². The normalized spacial score (nSPS) is 17.8. The molecule has 2 aromatic heterocycles. The summed E-state index contributed by atoms with van der Waals surface area (Å²) in [6, 6.07) is 2.61. The lowest BCUT2D eigenvalue weighted by Crippen LogP contribution is -2.43. The molecule has 0 saturated carbocycles. The molecule has 0 spiro atoms. The molecule has 3 N–H and O–H groups in total. The third-order valence-electron chi connectivity index (χ3n) is 8.27. The van der Waals surface area contributed by atoms with Gasteiger partial charge in [-0.3, -0.25) is 4.90 Å². The first-order chi connectivity index (χ1) is 19.5. The molecule has 2 aromatic carbocycles. The van der Waals surface area contributed by atoms with E-state index in [1.165, 1.54) is 0 Å². The van der Waals surface area contributed by atoms with Crippen molar-refractivity contribution in [3.05, 3.63) is 35.4 Å². The molecule has 13 heteroatoms. The van der Waals surface area contributed by atoms with Crippen molar-refractivity contribution in [3.8, 4) is 17.1 Å². The summed E-state index contributed by atoms with van der Waals surface area (Å²) < 4.78 is 80.5. The third-order valence-corrected chi connectivity index (χ3v) is 9.17. The van der Waals surface area contributed by atoms with Crippen LogP contribution in [-0.2, 0) is 6.18 Å². The van der Waals surface area contributed by atoms with E-state index >= 15 is 4.39 Å². The van der Waals surface area contributed by atoms with Gasteiger partial charge in [0.2, 0.25) is 0 Å². The van der Waals surface area contributed by atoms with E-state index in [4.69, 9.17) is 10.5 Å². The molecular weight excluding hydrogens is 563 g/mol. The summed E-state index contributed by atoms with van der Waals surface area (Å²) in [6.45, 7) is 6.01. The fourth-order valence-corrected chi connectivity index (χ4v) is 6.82. The van der Waals surface area contributed by atoms with E-state index in [0.717, 1.165) is 68.3 Å². The summed E-state index contributed by atoms with van der Waals surface area (Å²) in [6.07, 6.45) is -0.288. The van der Waals surface area contributed by atoms with E-state index in [-0.39, 0.29) is 55.2 Å². The molecule has 41 heavy (non-hydrogen) atoms. The van der Waals surface area contributed by atoms with Crippen LogP contribution in [0.3, 0.4) is 0 Å². The zero-order chi connectivity index (χ0) is 29.1. The van der Waals surface area contributed by atoms with Gasteiger partial charge in [-0.1, -0.05) is 18.3 Å². The Bertz CT molecular complexity index is 1630. The first kappa shape index (κ1) is 27.8. The van der Waals surface area contributed by atoms with Gasteiger partial charge in [0.1, 0.15) is 23.8 Å². The Hall–Kier alpha value is -3.32. The molecule has 0 radical (unpaired) electrons. The Balaban J connectivity index is 1.55. The maximum Gasteiger partial charge on any atom is 0.417 e. The smallest absolute Gasteiger partial charge is 0.417 e.